The molecular formula is C32H38N2O2. The van der Waals surface area contributed by atoms with Crippen LogP contribution in [0.5, 0.6) is 5.75 Å². The van der Waals surface area contributed by atoms with E-state index in [-0.39, 0.29) is 5.41 Å². The van der Waals surface area contributed by atoms with E-state index >= 15 is 0 Å². The van der Waals surface area contributed by atoms with E-state index in [1.54, 1.807) is 0 Å². The first kappa shape index (κ1) is 23.5. The Hall–Kier alpha value is -2.88. The molecule has 2 aromatic carbocycles. The number of carbonyl (C=O) groups is 1. The second-order valence-corrected chi connectivity index (χ2v) is 11.8. The molecule has 0 amide bonds. The van der Waals surface area contributed by atoms with Crippen LogP contribution in [0.1, 0.15) is 91.7 Å². The monoisotopic (exact) mass is 482 g/mol. The van der Waals surface area contributed by atoms with Crippen molar-refractivity contribution in [2.24, 2.45) is 18.9 Å². The van der Waals surface area contributed by atoms with Crippen LogP contribution >= 0.6 is 0 Å². The number of ketones is 1. The molecule has 36 heavy (non-hydrogen) atoms. The molecule has 0 aliphatic heterocycles. The minimum atomic E-state index is 0.151. The van der Waals surface area contributed by atoms with Crippen LogP contribution in [0.4, 0.5) is 0 Å². The minimum absolute atomic E-state index is 0.151. The Labute approximate surface area is 214 Å². The van der Waals surface area contributed by atoms with Crippen LogP contribution < -0.4 is 0 Å². The number of phenols is 1. The van der Waals surface area contributed by atoms with E-state index in [1.165, 1.54) is 47.2 Å². The van der Waals surface area contributed by atoms with Gasteiger partial charge >= 0.3 is 0 Å². The summed E-state index contributed by atoms with van der Waals surface area (Å²) in [7, 11) is 2.11. The number of fused-ring (bicyclic) bond motifs is 7. The van der Waals surface area contributed by atoms with E-state index in [4.69, 9.17) is 5.10 Å². The number of nitrogens with zero attached hydrogens (tertiary/aromatic N) is 2. The smallest absolute Gasteiger partial charge is 0.133 e. The van der Waals surface area contributed by atoms with E-state index < -0.39 is 0 Å². The topological polar surface area (TPSA) is 55.1 Å². The Morgan fingerprint density at radius 2 is 1.94 bits per heavy atom. The molecule has 4 heteroatoms. The number of benzene rings is 2. The average molecular weight is 483 g/mol. The molecule has 3 aromatic rings. The number of aryl methyl sites for hydroxylation is 3. The molecule has 1 saturated carbocycles. The van der Waals surface area contributed by atoms with Crippen LogP contribution in [0.3, 0.4) is 0 Å². The van der Waals surface area contributed by atoms with Crippen molar-refractivity contribution in [3.63, 3.8) is 0 Å². The zero-order valence-corrected chi connectivity index (χ0v) is 21.6. The van der Waals surface area contributed by atoms with Gasteiger partial charge < -0.3 is 5.11 Å². The largest absolute Gasteiger partial charge is 0.508 e. The number of rotatable bonds is 7. The molecule has 1 fully saturated rings. The molecule has 0 radical (unpaired) electrons. The lowest BCUT2D eigenvalue weighted by Gasteiger charge is -2.51. The Balaban J connectivity index is 1.20. The maximum Gasteiger partial charge on any atom is 0.133 e. The Morgan fingerprint density at radius 1 is 1.11 bits per heavy atom. The Bertz CT molecular complexity index is 1260. The summed E-state index contributed by atoms with van der Waals surface area (Å²) in [5, 5.41) is 14.7. The highest BCUT2D eigenvalue weighted by Gasteiger charge is 2.58. The van der Waals surface area contributed by atoms with E-state index in [0.717, 1.165) is 25.7 Å². The number of hydrogen-bond donors (Lipinski definition) is 1. The Kier molecular flexibility index (Phi) is 6.02. The van der Waals surface area contributed by atoms with Gasteiger partial charge in [0, 0.05) is 31.0 Å². The summed E-state index contributed by atoms with van der Waals surface area (Å²) in [6, 6.07) is 16.4. The third-order valence-corrected chi connectivity index (χ3v) is 9.81. The van der Waals surface area contributed by atoms with Crippen LogP contribution in [0, 0.1) is 11.8 Å². The molecule has 1 aromatic heterocycles. The van der Waals surface area contributed by atoms with Gasteiger partial charge in [-0.05, 0) is 103 Å². The number of phenolic OH excluding ortho intramolecular Hbond substituents is 1. The lowest BCUT2D eigenvalue weighted by atomic mass is 9.53. The van der Waals surface area contributed by atoms with Gasteiger partial charge in [-0.1, -0.05) is 43.3 Å². The van der Waals surface area contributed by atoms with Crippen LogP contribution in [0.25, 0.3) is 0 Å². The van der Waals surface area contributed by atoms with Gasteiger partial charge in [0.2, 0.25) is 0 Å². The first-order valence-electron chi connectivity index (χ1n) is 13.9. The van der Waals surface area contributed by atoms with Crippen molar-refractivity contribution < 1.29 is 9.90 Å². The van der Waals surface area contributed by atoms with Crippen molar-refractivity contribution in [1.29, 1.82) is 0 Å². The van der Waals surface area contributed by atoms with Gasteiger partial charge in [0.25, 0.3) is 0 Å². The molecule has 188 valence electrons. The van der Waals surface area contributed by atoms with E-state index in [0.29, 0.717) is 48.0 Å². The molecule has 0 bridgehead atoms. The number of hydrogen-bond acceptors (Lipinski definition) is 3. The molecule has 0 saturated heterocycles. The van der Waals surface area contributed by atoms with Gasteiger partial charge in [-0.15, -0.1) is 0 Å². The molecular weight excluding hydrogens is 444 g/mol. The van der Waals surface area contributed by atoms with Crippen LogP contribution in [-0.4, -0.2) is 20.7 Å². The fourth-order valence-corrected chi connectivity index (χ4v) is 8.36. The predicted octanol–water partition coefficient (Wildman–Crippen LogP) is 6.61. The minimum Gasteiger partial charge on any atom is -0.508 e. The molecule has 1 N–H and O–H groups in total. The van der Waals surface area contributed by atoms with Crippen LogP contribution in [0.2, 0.25) is 0 Å². The second kappa shape index (κ2) is 9.21. The average Bonchev–Trinajstić information content (AvgIpc) is 3.39. The predicted molar refractivity (Wildman–Crippen MR) is 142 cm³/mol. The third-order valence-electron chi connectivity index (χ3n) is 9.81. The van der Waals surface area contributed by atoms with Crippen molar-refractivity contribution in [3.8, 4) is 5.75 Å². The highest BCUT2D eigenvalue weighted by atomic mass is 16.3. The normalized spacial score (nSPS) is 28.2. The van der Waals surface area contributed by atoms with E-state index in [1.807, 2.05) is 30.3 Å². The standard InChI is InChI=1S/C32H38N2O2/c1-32-18-17-26-25-16-14-24(36)19-22(25)12-15-28(26)30(32)27(29-20-33-34(2)31(29)32)10-6-9-23(35)13-11-21-7-4-3-5-8-21/h3-5,7-8,14,16,19-20,26-28,30,36H,6,9-13,15,17-18H2,1-2H3/t26-,27+,28-,30+,32+/m1/s1. The highest BCUT2D eigenvalue weighted by Crippen LogP contribution is 2.64. The van der Waals surface area contributed by atoms with Crippen LogP contribution in [-0.2, 0) is 30.1 Å². The molecule has 0 spiro atoms. The van der Waals surface area contributed by atoms with Crippen LogP contribution in [0.15, 0.2) is 54.7 Å². The maximum absolute atomic E-state index is 12.7. The van der Waals surface area contributed by atoms with Crippen molar-refractivity contribution >= 4 is 5.78 Å². The summed E-state index contributed by atoms with van der Waals surface area (Å²) in [5.74, 6) is 3.07. The van der Waals surface area contributed by atoms with Gasteiger partial charge in [-0.3, -0.25) is 9.48 Å². The number of aromatic nitrogens is 2. The van der Waals surface area contributed by atoms with Gasteiger partial charge in [0.1, 0.15) is 11.5 Å². The third kappa shape index (κ3) is 3.90. The van der Waals surface area contributed by atoms with Crippen molar-refractivity contribution in [3.05, 3.63) is 82.7 Å². The quantitative estimate of drug-likeness (QED) is 0.412. The Morgan fingerprint density at radius 3 is 2.78 bits per heavy atom. The fourth-order valence-electron chi connectivity index (χ4n) is 8.36. The SMILES string of the molecule is Cn1ncc2c1[C@@]1(C)CC[C@@H]3c4ccc(O)cc4CC[C@H]3[C@@H]1[C@H]2CCCC(=O)CCc1ccccc1. The second-order valence-electron chi connectivity index (χ2n) is 11.8. The summed E-state index contributed by atoms with van der Waals surface area (Å²) in [4.78, 5) is 12.7. The van der Waals surface area contributed by atoms with Crippen molar-refractivity contribution in [2.75, 3.05) is 0 Å². The number of Topliss-reactive ketones (excluding diaryl/α,β-unsaturated/α-hetero) is 1. The van der Waals surface area contributed by atoms with E-state index in [9.17, 15) is 9.90 Å². The van der Waals surface area contributed by atoms with E-state index in [2.05, 4.69) is 43.0 Å². The summed E-state index contributed by atoms with van der Waals surface area (Å²) >= 11 is 0. The summed E-state index contributed by atoms with van der Waals surface area (Å²) < 4.78 is 2.14. The fraction of sp³-hybridized carbons (Fsp3) is 0.500. The summed E-state index contributed by atoms with van der Waals surface area (Å²) in [5.41, 5.74) is 7.10. The zero-order chi connectivity index (χ0) is 24.9. The number of carbonyl (C=O) groups excluding carboxylic acids is 1. The molecule has 5 atom stereocenters. The maximum atomic E-state index is 12.7. The lowest BCUT2D eigenvalue weighted by molar-refractivity contribution is -0.119. The first-order valence-corrected chi connectivity index (χ1v) is 13.9. The van der Waals surface area contributed by atoms with Gasteiger partial charge in [-0.25, -0.2) is 0 Å². The van der Waals surface area contributed by atoms with Gasteiger partial charge in [-0.2, -0.15) is 5.10 Å². The van der Waals surface area contributed by atoms with Gasteiger partial charge in [0.05, 0.1) is 6.20 Å². The van der Waals surface area contributed by atoms with Crippen molar-refractivity contribution in [1.82, 2.24) is 9.78 Å². The summed E-state index contributed by atoms with van der Waals surface area (Å²) in [6.45, 7) is 2.49. The molecule has 3 aliphatic carbocycles. The molecule has 3 aliphatic rings. The summed E-state index contributed by atoms with van der Waals surface area (Å²) in [6.07, 6.45) is 10.9. The molecule has 6 rings (SSSR count). The first-order chi connectivity index (χ1) is 17.5. The molecule has 1 heterocycles. The lowest BCUT2D eigenvalue weighted by Crippen LogP contribution is -2.45. The number of aromatic hydroxyl groups is 1. The van der Waals surface area contributed by atoms with Gasteiger partial charge in [0.15, 0.2) is 0 Å². The zero-order valence-electron chi connectivity index (χ0n) is 21.6. The highest BCUT2D eigenvalue weighted by molar-refractivity contribution is 5.78. The molecule has 0 unspecified atom stereocenters. The molecule has 4 nitrogen and oxygen atoms in total. The van der Waals surface area contributed by atoms with Crippen molar-refractivity contribution in [2.45, 2.75) is 82.0 Å².